The summed E-state index contributed by atoms with van der Waals surface area (Å²) in [4.78, 5) is 27.0. The molecule has 8 heteroatoms. The maximum Gasteiger partial charge on any atom is 0.253 e. The van der Waals surface area contributed by atoms with Crippen LogP contribution >= 0.6 is 0 Å². The SMILES string of the molecule is CNS(=O)(=O)c1ccc(C(=O)N2CCC(NC(=O)C3CCCCC3)CC2)cc1. The molecule has 2 fully saturated rings. The minimum absolute atomic E-state index is 0.106. The smallest absolute Gasteiger partial charge is 0.253 e. The minimum Gasteiger partial charge on any atom is -0.353 e. The summed E-state index contributed by atoms with van der Waals surface area (Å²) in [5.41, 5.74) is 0.472. The van der Waals surface area contributed by atoms with E-state index in [-0.39, 0.29) is 28.7 Å². The van der Waals surface area contributed by atoms with Crippen LogP contribution in [0, 0.1) is 5.92 Å². The second kappa shape index (κ2) is 9.05. The third kappa shape index (κ3) is 4.91. The molecular weight excluding hydrogens is 378 g/mol. The lowest BCUT2D eigenvalue weighted by atomic mass is 9.88. The molecule has 3 rings (SSSR count). The van der Waals surface area contributed by atoms with Crippen molar-refractivity contribution < 1.29 is 18.0 Å². The van der Waals surface area contributed by atoms with Gasteiger partial charge < -0.3 is 10.2 Å². The van der Waals surface area contributed by atoms with E-state index in [1.165, 1.54) is 25.6 Å². The Morgan fingerprint density at radius 2 is 1.57 bits per heavy atom. The number of benzene rings is 1. The first-order valence-corrected chi connectivity index (χ1v) is 11.5. The van der Waals surface area contributed by atoms with E-state index in [0.29, 0.717) is 18.7 Å². The van der Waals surface area contributed by atoms with E-state index in [9.17, 15) is 18.0 Å². The molecule has 0 radical (unpaired) electrons. The molecule has 0 bridgehead atoms. The van der Waals surface area contributed by atoms with Gasteiger partial charge in [0.2, 0.25) is 15.9 Å². The van der Waals surface area contributed by atoms with Crippen molar-refractivity contribution in [2.45, 2.75) is 55.9 Å². The van der Waals surface area contributed by atoms with Gasteiger partial charge in [-0.1, -0.05) is 19.3 Å². The topological polar surface area (TPSA) is 95.6 Å². The number of carbonyl (C=O) groups excluding carboxylic acids is 2. The average molecular weight is 408 g/mol. The summed E-state index contributed by atoms with van der Waals surface area (Å²) in [5.74, 6) is 0.220. The maximum absolute atomic E-state index is 12.7. The molecule has 1 aromatic carbocycles. The van der Waals surface area contributed by atoms with Crippen LogP contribution in [0.2, 0.25) is 0 Å². The van der Waals surface area contributed by atoms with Gasteiger partial charge in [-0.05, 0) is 57.0 Å². The monoisotopic (exact) mass is 407 g/mol. The quantitative estimate of drug-likeness (QED) is 0.779. The molecule has 154 valence electrons. The van der Waals surface area contributed by atoms with E-state index < -0.39 is 10.0 Å². The first kappa shape index (κ1) is 20.8. The summed E-state index contributed by atoms with van der Waals surface area (Å²) < 4.78 is 25.8. The molecule has 0 unspecified atom stereocenters. The zero-order valence-electron chi connectivity index (χ0n) is 16.3. The van der Waals surface area contributed by atoms with Gasteiger partial charge in [-0.3, -0.25) is 9.59 Å². The summed E-state index contributed by atoms with van der Waals surface area (Å²) in [6.45, 7) is 1.18. The minimum atomic E-state index is -3.51. The van der Waals surface area contributed by atoms with Crippen molar-refractivity contribution in [3.63, 3.8) is 0 Å². The molecule has 1 aliphatic carbocycles. The number of hydrogen-bond acceptors (Lipinski definition) is 4. The first-order chi connectivity index (χ1) is 13.4. The Morgan fingerprint density at radius 3 is 2.14 bits per heavy atom. The summed E-state index contributed by atoms with van der Waals surface area (Å²) in [7, 11) is -2.16. The van der Waals surface area contributed by atoms with Gasteiger partial charge in [-0.15, -0.1) is 0 Å². The van der Waals surface area contributed by atoms with Gasteiger partial charge in [0.1, 0.15) is 0 Å². The Morgan fingerprint density at radius 1 is 0.964 bits per heavy atom. The van der Waals surface area contributed by atoms with E-state index in [4.69, 9.17) is 0 Å². The molecule has 28 heavy (non-hydrogen) atoms. The Balaban J connectivity index is 1.51. The third-order valence-electron chi connectivity index (χ3n) is 5.78. The van der Waals surface area contributed by atoms with E-state index >= 15 is 0 Å². The highest BCUT2D eigenvalue weighted by atomic mass is 32.2. The molecule has 0 atom stereocenters. The second-order valence-electron chi connectivity index (χ2n) is 7.64. The lowest BCUT2D eigenvalue weighted by Gasteiger charge is -2.33. The zero-order valence-corrected chi connectivity index (χ0v) is 17.1. The van der Waals surface area contributed by atoms with Gasteiger partial charge in [0.25, 0.3) is 5.91 Å². The first-order valence-electron chi connectivity index (χ1n) is 10.0. The van der Waals surface area contributed by atoms with Crippen LogP contribution in [0.3, 0.4) is 0 Å². The van der Waals surface area contributed by atoms with Gasteiger partial charge >= 0.3 is 0 Å². The predicted molar refractivity (Wildman–Crippen MR) is 106 cm³/mol. The van der Waals surface area contributed by atoms with Crippen molar-refractivity contribution in [2.75, 3.05) is 20.1 Å². The Hall–Kier alpha value is -1.93. The van der Waals surface area contributed by atoms with Crippen molar-refractivity contribution >= 4 is 21.8 Å². The number of likely N-dealkylation sites (tertiary alicyclic amines) is 1. The molecule has 1 aromatic rings. The fraction of sp³-hybridized carbons (Fsp3) is 0.600. The lowest BCUT2D eigenvalue weighted by Crippen LogP contribution is -2.48. The molecule has 0 spiro atoms. The molecular formula is C20H29N3O4S. The molecule has 7 nitrogen and oxygen atoms in total. The molecule has 1 aliphatic heterocycles. The number of hydrogen-bond donors (Lipinski definition) is 2. The number of nitrogens with zero attached hydrogens (tertiary/aromatic N) is 1. The summed E-state index contributed by atoms with van der Waals surface area (Å²) in [6, 6.07) is 6.10. The van der Waals surface area contributed by atoms with Crippen molar-refractivity contribution in [1.29, 1.82) is 0 Å². The number of nitrogens with one attached hydrogen (secondary N) is 2. The summed E-state index contributed by atoms with van der Waals surface area (Å²) in [5, 5.41) is 3.17. The highest BCUT2D eigenvalue weighted by Crippen LogP contribution is 2.24. The van der Waals surface area contributed by atoms with Crippen LogP contribution in [0.25, 0.3) is 0 Å². The summed E-state index contributed by atoms with van der Waals surface area (Å²) >= 11 is 0. The van der Waals surface area contributed by atoms with Gasteiger partial charge in [-0.2, -0.15) is 0 Å². The normalized spacial score (nSPS) is 19.4. The Kier molecular flexibility index (Phi) is 6.72. The van der Waals surface area contributed by atoms with Crippen LogP contribution in [-0.2, 0) is 14.8 Å². The van der Waals surface area contributed by atoms with Gasteiger partial charge in [-0.25, -0.2) is 13.1 Å². The molecule has 1 saturated heterocycles. The van der Waals surface area contributed by atoms with Gasteiger partial charge in [0.15, 0.2) is 0 Å². The Labute approximate surface area is 166 Å². The van der Waals surface area contributed by atoms with E-state index in [1.54, 1.807) is 17.0 Å². The highest BCUT2D eigenvalue weighted by Gasteiger charge is 2.27. The highest BCUT2D eigenvalue weighted by molar-refractivity contribution is 7.89. The standard InChI is InChI=1S/C20H29N3O4S/c1-21-28(26,27)18-9-7-16(8-10-18)20(25)23-13-11-17(12-14-23)22-19(24)15-5-3-2-4-6-15/h7-10,15,17,21H,2-6,11-14H2,1H3,(H,22,24). The van der Waals surface area contributed by atoms with Crippen molar-refractivity contribution in [3.05, 3.63) is 29.8 Å². The number of piperidine rings is 1. The van der Waals surface area contributed by atoms with Crippen LogP contribution in [0.15, 0.2) is 29.2 Å². The fourth-order valence-electron chi connectivity index (χ4n) is 3.99. The van der Waals surface area contributed by atoms with Crippen molar-refractivity contribution in [3.8, 4) is 0 Å². The lowest BCUT2D eigenvalue weighted by molar-refractivity contribution is -0.126. The van der Waals surface area contributed by atoms with Crippen molar-refractivity contribution in [1.82, 2.24) is 14.9 Å². The van der Waals surface area contributed by atoms with E-state index in [1.807, 2.05) is 0 Å². The molecule has 0 aromatic heterocycles. The number of rotatable bonds is 5. The van der Waals surface area contributed by atoms with Crippen LogP contribution in [0.1, 0.15) is 55.3 Å². The molecule has 1 saturated carbocycles. The van der Waals surface area contributed by atoms with Gasteiger partial charge in [0.05, 0.1) is 4.90 Å². The fourth-order valence-corrected chi connectivity index (χ4v) is 4.72. The number of sulfonamides is 1. The van der Waals surface area contributed by atoms with Crippen LogP contribution < -0.4 is 10.0 Å². The van der Waals surface area contributed by atoms with Crippen molar-refractivity contribution in [2.24, 2.45) is 5.92 Å². The second-order valence-corrected chi connectivity index (χ2v) is 9.53. The predicted octanol–water partition coefficient (Wildman–Crippen LogP) is 1.90. The molecule has 1 heterocycles. The molecule has 2 N–H and O–H groups in total. The van der Waals surface area contributed by atoms with E-state index in [2.05, 4.69) is 10.0 Å². The van der Waals surface area contributed by atoms with E-state index in [0.717, 1.165) is 38.5 Å². The Bertz CT molecular complexity index is 793. The number of amides is 2. The zero-order chi connectivity index (χ0) is 20.1. The maximum atomic E-state index is 12.7. The van der Waals surface area contributed by atoms with Crippen LogP contribution in [-0.4, -0.2) is 51.3 Å². The van der Waals surface area contributed by atoms with Gasteiger partial charge in [0, 0.05) is 30.6 Å². The molecule has 2 amide bonds. The van der Waals surface area contributed by atoms with Crippen LogP contribution in [0.5, 0.6) is 0 Å². The third-order valence-corrected chi connectivity index (χ3v) is 7.22. The summed E-state index contributed by atoms with van der Waals surface area (Å²) in [6.07, 6.45) is 6.97. The molecule has 2 aliphatic rings. The van der Waals surface area contributed by atoms with Crippen LogP contribution in [0.4, 0.5) is 0 Å². The number of carbonyl (C=O) groups is 2. The largest absolute Gasteiger partial charge is 0.353 e. The average Bonchev–Trinajstić information content (AvgIpc) is 2.74.